The lowest BCUT2D eigenvalue weighted by Crippen LogP contribution is -2.33. The van der Waals surface area contributed by atoms with Gasteiger partial charge in [0, 0.05) is 22.7 Å². The molecule has 200 valence electrons. The zero-order valence-electron chi connectivity index (χ0n) is 21.5. The summed E-state index contributed by atoms with van der Waals surface area (Å²) in [6.07, 6.45) is -0.944. The van der Waals surface area contributed by atoms with Gasteiger partial charge in [-0.25, -0.2) is 8.78 Å². The van der Waals surface area contributed by atoms with E-state index in [-0.39, 0.29) is 16.9 Å². The summed E-state index contributed by atoms with van der Waals surface area (Å²) in [5.41, 5.74) is 2.82. The lowest BCUT2D eigenvalue weighted by Gasteiger charge is -2.38. The van der Waals surface area contributed by atoms with Crippen molar-refractivity contribution in [2.45, 2.75) is 76.2 Å². The molecule has 2 aromatic carbocycles. The number of epoxide rings is 1. The molecule has 1 aromatic heterocycles. The molecule has 2 atom stereocenters. The zero-order valence-corrected chi connectivity index (χ0v) is 21.5. The first-order chi connectivity index (χ1) is 18.0. The summed E-state index contributed by atoms with van der Waals surface area (Å²) < 4.78 is 76.5. The number of pyridine rings is 1. The minimum absolute atomic E-state index is 0.0586. The highest BCUT2D eigenvalue weighted by Crippen LogP contribution is 2.58. The Morgan fingerprint density at radius 2 is 1.61 bits per heavy atom. The largest absolute Gasteiger partial charge is 0.416 e. The van der Waals surface area contributed by atoms with Crippen molar-refractivity contribution in [3.05, 3.63) is 88.0 Å². The molecule has 0 bridgehead atoms. The van der Waals surface area contributed by atoms with E-state index >= 15 is 4.39 Å². The number of alkyl halides is 4. The van der Waals surface area contributed by atoms with Crippen molar-refractivity contribution in [3.8, 4) is 11.1 Å². The highest BCUT2D eigenvalue weighted by molar-refractivity contribution is 5.76. The van der Waals surface area contributed by atoms with E-state index in [0.29, 0.717) is 35.4 Å². The highest BCUT2D eigenvalue weighted by Gasteiger charge is 2.56. The van der Waals surface area contributed by atoms with Crippen LogP contribution in [0.5, 0.6) is 0 Å². The summed E-state index contributed by atoms with van der Waals surface area (Å²) in [6.45, 7) is 4.86. The summed E-state index contributed by atoms with van der Waals surface area (Å²) in [5.74, 6) is -0.337. The molecule has 2 unspecified atom stereocenters. The molecule has 1 aliphatic heterocycles. The van der Waals surface area contributed by atoms with Gasteiger partial charge in [-0.05, 0) is 72.1 Å². The van der Waals surface area contributed by atoms with Crippen molar-refractivity contribution in [2.75, 3.05) is 6.61 Å². The van der Waals surface area contributed by atoms with Gasteiger partial charge in [-0.15, -0.1) is 0 Å². The maximum absolute atomic E-state index is 16.8. The third-order valence-electron chi connectivity index (χ3n) is 8.36. The van der Waals surface area contributed by atoms with Crippen molar-refractivity contribution >= 4 is 0 Å². The molecule has 1 spiro atoms. The summed E-state index contributed by atoms with van der Waals surface area (Å²) in [4.78, 5) is 5.16. The van der Waals surface area contributed by atoms with Gasteiger partial charge in [-0.2, -0.15) is 13.2 Å². The van der Waals surface area contributed by atoms with E-state index in [1.807, 2.05) is 0 Å². The fraction of sp³-hybridized carbons (Fsp3) is 0.452. The fourth-order valence-electron chi connectivity index (χ4n) is 6.69. The monoisotopic (exact) mass is 527 g/mol. The second-order valence-corrected chi connectivity index (χ2v) is 11.9. The van der Waals surface area contributed by atoms with E-state index in [0.717, 1.165) is 55.5 Å². The predicted octanol–water partition coefficient (Wildman–Crippen LogP) is 8.82. The van der Waals surface area contributed by atoms with E-state index in [9.17, 15) is 17.6 Å². The molecule has 0 amide bonds. The van der Waals surface area contributed by atoms with Gasteiger partial charge in [0.1, 0.15) is 11.4 Å². The Bertz CT molecular complexity index is 1350. The Kier molecular flexibility index (Phi) is 5.95. The molecule has 2 heterocycles. The number of hydrogen-bond acceptors (Lipinski definition) is 2. The molecule has 0 radical (unpaired) electrons. The third kappa shape index (κ3) is 4.42. The molecule has 2 nitrogen and oxygen atoms in total. The van der Waals surface area contributed by atoms with Gasteiger partial charge in [-0.1, -0.05) is 51.0 Å². The van der Waals surface area contributed by atoms with Crippen molar-refractivity contribution in [3.63, 3.8) is 0 Å². The molecule has 3 aromatic rings. The highest BCUT2D eigenvalue weighted by atomic mass is 19.4. The molecule has 1 saturated carbocycles. The van der Waals surface area contributed by atoms with E-state index in [2.05, 4.69) is 13.8 Å². The van der Waals surface area contributed by atoms with Crippen LogP contribution in [0, 0.1) is 11.2 Å². The lowest BCUT2D eigenvalue weighted by atomic mass is 9.67. The maximum Gasteiger partial charge on any atom is 0.416 e. The van der Waals surface area contributed by atoms with Crippen LogP contribution in [0.4, 0.5) is 22.0 Å². The Morgan fingerprint density at radius 1 is 0.974 bits per heavy atom. The molecule has 38 heavy (non-hydrogen) atoms. The topological polar surface area (TPSA) is 25.4 Å². The molecule has 2 aliphatic carbocycles. The normalized spacial score (nSPS) is 23.4. The Morgan fingerprint density at radius 3 is 2.18 bits per heavy atom. The van der Waals surface area contributed by atoms with Gasteiger partial charge in [0.15, 0.2) is 6.17 Å². The second-order valence-electron chi connectivity index (χ2n) is 11.9. The van der Waals surface area contributed by atoms with Gasteiger partial charge in [0.25, 0.3) is 0 Å². The molecule has 7 heteroatoms. The van der Waals surface area contributed by atoms with Gasteiger partial charge >= 0.3 is 6.18 Å². The minimum atomic E-state index is -4.51. The number of fused-ring (bicyclic) bond motifs is 2. The standard InChI is InChI=1S/C31H30F5NO/c1-29(2)15-23-26(30(16-29)17-38-30)24(18-9-13-22(32)14-10-18)25(28(37-23)20-5-3-4-6-20)27(33)19-7-11-21(12-8-19)31(34,35)36/h7-14,20,27H,3-6,15-17H2,1-2H3. The number of halogens is 5. The van der Waals surface area contributed by atoms with E-state index < -0.39 is 29.3 Å². The van der Waals surface area contributed by atoms with Crippen LogP contribution in [0.2, 0.25) is 0 Å². The number of hydrogen-bond donors (Lipinski definition) is 0. The van der Waals surface area contributed by atoms with Gasteiger partial charge < -0.3 is 4.74 Å². The van der Waals surface area contributed by atoms with E-state index in [1.165, 1.54) is 24.3 Å². The smallest absolute Gasteiger partial charge is 0.364 e. The molecule has 0 N–H and O–H groups in total. The van der Waals surface area contributed by atoms with Crippen LogP contribution >= 0.6 is 0 Å². The second kappa shape index (κ2) is 8.87. The van der Waals surface area contributed by atoms with Crippen molar-refractivity contribution < 1.29 is 26.7 Å². The number of aromatic nitrogens is 1. The predicted molar refractivity (Wildman–Crippen MR) is 135 cm³/mol. The average molecular weight is 528 g/mol. The van der Waals surface area contributed by atoms with Crippen LogP contribution in [0.15, 0.2) is 48.5 Å². The average Bonchev–Trinajstić information content (AvgIpc) is 3.38. The Hall–Kier alpha value is -2.80. The van der Waals surface area contributed by atoms with E-state index in [4.69, 9.17) is 9.72 Å². The van der Waals surface area contributed by atoms with Gasteiger partial charge in [0.2, 0.25) is 0 Å². The van der Waals surface area contributed by atoms with Crippen molar-refractivity contribution in [1.82, 2.24) is 4.98 Å². The van der Waals surface area contributed by atoms with E-state index in [1.54, 1.807) is 12.1 Å². The number of ether oxygens (including phenoxy) is 1. The third-order valence-corrected chi connectivity index (χ3v) is 8.36. The van der Waals surface area contributed by atoms with Gasteiger partial charge in [-0.3, -0.25) is 4.98 Å². The molecule has 6 rings (SSSR count). The molecule has 1 saturated heterocycles. The first kappa shape index (κ1) is 25.5. The van der Waals surface area contributed by atoms with Crippen molar-refractivity contribution in [1.29, 1.82) is 0 Å². The Labute approximate surface area is 219 Å². The van der Waals surface area contributed by atoms with Gasteiger partial charge in [0.05, 0.1) is 17.9 Å². The van der Waals surface area contributed by atoms with Crippen LogP contribution in [0.25, 0.3) is 11.1 Å². The summed E-state index contributed by atoms with van der Waals surface area (Å²) in [5, 5.41) is 0. The number of rotatable bonds is 4. The maximum atomic E-state index is 16.8. The van der Waals surface area contributed by atoms with Crippen LogP contribution in [-0.2, 0) is 22.9 Å². The molecular weight excluding hydrogens is 497 g/mol. The lowest BCUT2D eigenvalue weighted by molar-refractivity contribution is -0.137. The molecule has 3 aliphatic rings. The summed E-state index contributed by atoms with van der Waals surface area (Å²) in [7, 11) is 0. The molecule has 2 fully saturated rings. The van der Waals surface area contributed by atoms with Crippen LogP contribution in [0.3, 0.4) is 0 Å². The quantitative estimate of drug-likeness (QED) is 0.250. The number of nitrogens with zero attached hydrogens (tertiary/aromatic N) is 1. The van der Waals surface area contributed by atoms with Crippen LogP contribution in [-0.4, -0.2) is 11.6 Å². The van der Waals surface area contributed by atoms with Crippen LogP contribution in [0.1, 0.15) is 91.7 Å². The summed E-state index contributed by atoms with van der Waals surface area (Å²) >= 11 is 0. The van der Waals surface area contributed by atoms with Crippen LogP contribution < -0.4 is 0 Å². The zero-order chi connectivity index (χ0) is 26.9. The first-order valence-corrected chi connectivity index (χ1v) is 13.3. The SMILES string of the molecule is CC1(C)Cc2nc(C3CCCC3)c(C(F)c3ccc(C(F)(F)F)cc3)c(-c3ccc(F)cc3)c2C2(CO2)C1. The van der Waals surface area contributed by atoms with Crippen molar-refractivity contribution in [2.24, 2.45) is 5.41 Å². The first-order valence-electron chi connectivity index (χ1n) is 13.3. The number of benzene rings is 2. The molecular formula is C31H30F5NO. The Balaban J connectivity index is 1.62. The minimum Gasteiger partial charge on any atom is -0.364 e. The summed E-state index contributed by atoms with van der Waals surface area (Å²) in [6, 6.07) is 10.3. The fourth-order valence-corrected chi connectivity index (χ4v) is 6.69.